The number of rotatable bonds is 5. The summed E-state index contributed by atoms with van der Waals surface area (Å²) in [6, 6.07) is 0. The van der Waals surface area contributed by atoms with Crippen molar-refractivity contribution in [1.82, 2.24) is 0 Å². The molecule has 0 amide bonds. The minimum absolute atomic E-state index is 0.0589. The maximum atomic E-state index is 11.8. The molecule has 2 heteroatoms. The van der Waals surface area contributed by atoms with Crippen LogP contribution in [-0.4, -0.2) is 12.1 Å². The van der Waals surface area contributed by atoms with Crippen LogP contribution in [0.4, 0.5) is 0 Å². The second kappa shape index (κ2) is 4.54. The van der Waals surface area contributed by atoms with Crippen molar-refractivity contribution >= 4 is 5.97 Å². The third-order valence-electron chi connectivity index (χ3n) is 4.02. The minimum atomic E-state index is -0.0589. The Morgan fingerprint density at radius 1 is 1.40 bits per heavy atom. The summed E-state index contributed by atoms with van der Waals surface area (Å²) in [5.74, 6) is 0.112. The normalized spacial score (nSPS) is 34.2. The van der Waals surface area contributed by atoms with Crippen molar-refractivity contribution in [3.63, 3.8) is 0 Å². The molecule has 2 nitrogen and oxygen atoms in total. The fourth-order valence-electron chi connectivity index (χ4n) is 3.09. The number of carbonyl (C=O) groups excluding carboxylic acids is 1. The zero-order valence-electron chi connectivity index (χ0n) is 9.76. The number of fused-ring (bicyclic) bond motifs is 2. The van der Waals surface area contributed by atoms with Gasteiger partial charge in [0.15, 0.2) is 0 Å². The first-order valence-electron chi connectivity index (χ1n) is 6.48. The van der Waals surface area contributed by atoms with Crippen LogP contribution in [0.15, 0.2) is 0 Å². The third-order valence-corrected chi connectivity index (χ3v) is 4.02. The van der Waals surface area contributed by atoms with Gasteiger partial charge in [-0.05, 0) is 25.7 Å². The zero-order chi connectivity index (χ0) is 10.7. The van der Waals surface area contributed by atoms with Crippen LogP contribution < -0.4 is 0 Å². The number of esters is 1. The highest BCUT2D eigenvalue weighted by Crippen LogP contribution is 2.48. The SMILES string of the molecule is CCCCCCC12CCCC(C1)OC2=O. The summed E-state index contributed by atoms with van der Waals surface area (Å²) in [5.41, 5.74) is -0.0589. The van der Waals surface area contributed by atoms with Gasteiger partial charge in [0.25, 0.3) is 0 Å². The van der Waals surface area contributed by atoms with Gasteiger partial charge in [0.1, 0.15) is 6.10 Å². The Bertz CT molecular complexity index is 237. The second-order valence-electron chi connectivity index (χ2n) is 5.21. The van der Waals surface area contributed by atoms with Gasteiger partial charge in [0.05, 0.1) is 5.41 Å². The maximum absolute atomic E-state index is 11.8. The van der Waals surface area contributed by atoms with Crippen molar-refractivity contribution < 1.29 is 9.53 Å². The van der Waals surface area contributed by atoms with Gasteiger partial charge >= 0.3 is 5.97 Å². The fourth-order valence-corrected chi connectivity index (χ4v) is 3.09. The predicted octanol–water partition coefficient (Wildman–Crippen LogP) is 3.44. The summed E-state index contributed by atoms with van der Waals surface area (Å²) < 4.78 is 5.41. The van der Waals surface area contributed by atoms with E-state index < -0.39 is 0 Å². The van der Waals surface area contributed by atoms with Gasteiger partial charge in [-0.25, -0.2) is 0 Å². The molecule has 0 spiro atoms. The second-order valence-corrected chi connectivity index (χ2v) is 5.21. The summed E-state index contributed by atoms with van der Waals surface area (Å²) >= 11 is 0. The molecule has 2 aliphatic rings. The number of carbonyl (C=O) groups is 1. The largest absolute Gasteiger partial charge is 0.462 e. The lowest BCUT2D eigenvalue weighted by Crippen LogP contribution is -2.28. The van der Waals surface area contributed by atoms with Gasteiger partial charge in [-0.15, -0.1) is 0 Å². The number of hydrogen-bond donors (Lipinski definition) is 0. The molecule has 0 radical (unpaired) electrons. The van der Waals surface area contributed by atoms with Crippen molar-refractivity contribution in [3.8, 4) is 0 Å². The Morgan fingerprint density at radius 2 is 2.27 bits per heavy atom. The van der Waals surface area contributed by atoms with Gasteiger partial charge in [-0.1, -0.05) is 32.6 Å². The van der Waals surface area contributed by atoms with Gasteiger partial charge in [-0.3, -0.25) is 4.79 Å². The maximum Gasteiger partial charge on any atom is 0.312 e. The quantitative estimate of drug-likeness (QED) is 0.513. The first kappa shape index (κ1) is 11.0. The molecule has 2 bridgehead atoms. The van der Waals surface area contributed by atoms with E-state index in [2.05, 4.69) is 6.92 Å². The lowest BCUT2D eigenvalue weighted by molar-refractivity contribution is -0.148. The molecule has 2 rings (SSSR count). The smallest absolute Gasteiger partial charge is 0.312 e. The van der Waals surface area contributed by atoms with Gasteiger partial charge in [0, 0.05) is 6.42 Å². The highest BCUT2D eigenvalue weighted by molar-refractivity contribution is 5.79. The summed E-state index contributed by atoms with van der Waals surface area (Å²) in [7, 11) is 0. The molecule has 1 aliphatic heterocycles. The Labute approximate surface area is 92.4 Å². The minimum Gasteiger partial charge on any atom is -0.462 e. The Morgan fingerprint density at radius 3 is 3.07 bits per heavy atom. The van der Waals surface area contributed by atoms with E-state index >= 15 is 0 Å². The molecule has 2 atom stereocenters. The molecule has 1 saturated heterocycles. The van der Waals surface area contributed by atoms with E-state index in [4.69, 9.17) is 4.74 Å². The Balaban J connectivity index is 1.85. The topological polar surface area (TPSA) is 26.3 Å². The van der Waals surface area contributed by atoms with Crippen LogP contribution >= 0.6 is 0 Å². The van der Waals surface area contributed by atoms with Crippen LogP contribution in [0, 0.1) is 5.41 Å². The van der Waals surface area contributed by atoms with Gasteiger partial charge < -0.3 is 4.74 Å². The molecule has 0 N–H and O–H groups in total. The number of hydrogen-bond acceptors (Lipinski definition) is 2. The molecule has 2 fully saturated rings. The van der Waals surface area contributed by atoms with Crippen molar-refractivity contribution in [1.29, 1.82) is 0 Å². The predicted molar refractivity (Wildman–Crippen MR) is 59.5 cm³/mol. The van der Waals surface area contributed by atoms with E-state index in [-0.39, 0.29) is 17.5 Å². The molecule has 2 unspecified atom stereocenters. The van der Waals surface area contributed by atoms with E-state index in [1.165, 1.54) is 32.1 Å². The number of unbranched alkanes of at least 4 members (excludes halogenated alkanes) is 3. The first-order chi connectivity index (χ1) is 7.27. The van der Waals surface area contributed by atoms with Crippen LogP contribution in [0.1, 0.15) is 64.7 Å². The van der Waals surface area contributed by atoms with Crippen molar-refractivity contribution in [2.24, 2.45) is 5.41 Å². The zero-order valence-corrected chi connectivity index (χ0v) is 9.76. The Hall–Kier alpha value is -0.530. The summed E-state index contributed by atoms with van der Waals surface area (Å²) in [6.07, 6.45) is 10.7. The highest BCUT2D eigenvalue weighted by atomic mass is 16.6. The summed E-state index contributed by atoms with van der Waals surface area (Å²) in [4.78, 5) is 11.8. The molecule has 1 saturated carbocycles. The molecular weight excluding hydrogens is 188 g/mol. The van der Waals surface area contributed by atoms with Crippen molar-refractivity contribution in [3.05, 3.63) is 0 Å². The van der Waals surface area contributed by atoms with Crippen LogP contribution in [0.2, 0.25) is 0 Å². The molecule has 1 heterocycles. The third kappa shape index (κ3) is 2.19. The summed E-state index contributed by atoms with van der Waals surface area (Å²) in [5, 5.41) is 0. The molecule has 1 aliphatic carbocycles. The first-order valence-corrected chi connectivity index (χ1v) is 6.48. The van der Waals surface area contributed by atoms with Crippen LogP contribution in [0.5, 0.6) is 0 Å². The van der Waals surface area contributed by atoms with E-state index in [9.17, 15) is 4.79 Å². The van der Waals surface area contributed by atoms with Gasteiger partial charge in [0.2, 0.25) is 0 Å². The average molecular weight is 210 g/mol. The lowest BCUT2D eigenvalue weighted by Gasteiger charge is -2.27. The average Bonchev–Trinajstić information content (AvgIpc) is 2.45. The molecular formula is C13H22O2. The van der Waals surface area contributed by atoms with E-state index in [1.807, 2.05) is 0 Å². The van der Waals surface area contributed by atoms with E-state index in [0.717, 1.165) is 25.7 Å². The van der Waals surface area contributed by atoms with Crippen molar-refractivity contribution in [2.45, 2.75) is 70.8 Å². The van der Waals surface area contributed by atoms with Crippen LogP contribution in [0.25, 0.3) is 0 Å². The molecule has 15 heavy (non-hydrogen) atoms. The highest BCUT2D eigenvalue weighted by Gasteiger charge is 2.50. The molecule has 0 aromatic heterocycles. The van der Waals surface area contributed by atoms with Gasteiger partial charge in [-0.2, -0.15) is 0 Å². The van der Waals surface area contributed by atoms with E-state index in [1.54, 1.807) is 0 Å². The summed E-state index contributed by atoms with van der Waals surface area (Å²) in [6.45, 7) is 2.22. The molecule has 86 valence electrons. The van der Waals surface area contributed by atoms with E-state index in [0.29, 0.717) is 0 Å². The molecule has 0 aromatic carbocycles. The standard InChI is InChI=1S/C13H22O2/c1-2-3-4-5-8-13-9-6-7-11(10-13)15-12(13)14/h11H,2-10H2,1H3. The molecule has 0 aromatic rings. The van der Waals surface area contributed by atoms with Crippen molar-refractivity contribution in [2.75, 3.05) is 0 Å². The lowest BCUT2D eigenvalue weighted by atomic mass is 9.72. The number of ether oxygens (including phenoxy) is 1. The fraction of sp³-hybridized carbons (Fsp3) is 0.923. The Kier molecular flexibility index (Phi) is 3.32. The van der Waals surface area contributed by atoms with Crippen LogP contribution in [-0.2, 0) is 9.53 Å². The monoisotopic (exact) mass is 210 g/mol. The van der Waals surface area contributed by atoms with Crippen LogP contribution in [0.3, 0.4) is 0 Å².